The Morgan fingerprint density at radius 1 is 0.767 bits per heavy atom. The van der Waals surface area contributed by atoms with Gasteiger partial charge in [-0.25, -0.2) is 9.59 Å². The van der Waals surface area contributed by atoms with Gasteiger partial charge in [0.05, 0.1) is 23.3 Å². The van der Waals surface area contributed by atoms with Gasteiger partial charge in [-0.1, -0.05) is 43.7 Å². The number of nitrogens with one attached hydrogen (secondary N) is 2. The summed E-state index contributed by atoms with van der Waals surface area (Å²) in [5.41, 5.74) is 1.03. The topological polar surface area (TPSA) is 142 Å². The Bertz CT molecular complexity index is 1590. The number of unbranched alkanes of at least 4 members (excludes halogenated alkanes) is 1. The van der Waals surface area contributed by atoms with Gasteiger partial charge in [0.15, 0.2) is 0 Å². The molecule has 10 heteroatoms. The highest BCUT2D eigenvalue weighted by atomic mass is 32.2. The number of benzene rings is 4. The average Bonchev–Trinajstić information content (AvgIpc) is 3.01. The van der Waals surface area contributed by atoms with Crippen molar-refractivity contribution >= 4 is 46.9 Å². The van der Waals surface area contributed by atoms with Crippen LogP contribution in [0.4, 0.5) is 11.4 Å². The smallest absolute Gasteiger partial charge is 0.336 e. The molecule has 0 radical (unpaired) electrons. The minimum Gasteiger partial charge on any atom is -0.494 e. The fourth-order valence-electron chi connectivity index (χ4n) is 4.08. The van der Waals surface area contributed by atoms with Crippen LogP contribution in [0.5, 0.6) is 5.75 Å². The number of carbonyl (C=O) groups excluding carboxylic acids is 2. The van der Waals surface area contributed by atoms with Crippen molar-refractivity contribution in [2.75, 3.05) is 17.2 Å². The molecule has 0 saturated heterocycles. The first kappa shape index (κ1) is 30.9. The van der Waals surface area contributed by atoms with Gasteiger partial charge in [-0.05, 0) is 78.7 Å². The molecular weight excluding hydrogens is 568 g/mol. The molecule has 2 amide bonds. The Hall–Kier alpha value is -5.09. The van der Waals surface area contributed by atoms with Gasteiger partial charge >= 0.3 is 11.9 Å². The van der Waals surface area contributed by atoms with Gasteiger partial charge < -0.3 is 25.6 Å². The van der Waals surface area contributed by atoms with Crippen LogP contribution < -0.4 is 15.4 Å². The molecule has 0 fully saturated rings. The van der Waals surface area contributed by atoms with E-state index in [1.807, 2.05) is 42.5 Å². The molecule has 1 unspecified atom stereocenters. The third-order valence-corrected chi connectivity index (χ3v) is 7.60. The number of carbonyl (C=O) groups is 4. The van der Waals surface area contributed by atoms with Gasteiger partial charge in [0.2, 0.25) is 5.91 Å². The molecule has 0 heterocycles. The Morgan fingerprint density at radius 2 is 1.42 bits per heavy atom. The van der Waals surface area contributed by atoms with E-state index < -0.39 is 28.7 Å². The van der Waals surface area contributed by atoms with Crippen molar-refractivity contribution in [3.05, 3.63) is 119 Å². The monoisotopic (exact) mass is 598 g/mol. The van der Waals surface area contributed by atoms with Gasteiger partial charge in [0.25, 0.3) is 5.91 Å². The van der Waals surface area contributed by atoms with E-state index in [1.165, 1.54) is 23.9 Å². The number of anilines is 2. The number of hydrogen-bond donors (Lipinski definition) is 4. The highest BCUT2D eigenvalue weighted by Gasteiger charge is 2.23. The average molecular weight is 599 g/mol. The lowest BCUT2D eigenvalue weighted by Gasteiger charge is -2.18. The number of thioether (sulfide) groups is 1. The lowest BCUT2D eigenvalue weighted by Crippen LogP contribution is -2.19. The molecule has 0 aliphatic heterocycles. The van der Waals surface area contributed by atoms with E-state index in [1.54, 1.807) is 36.4 Å². The highest BCUT2D eigenvalue weighted by Crippen LogP contribution is 2.37. The second-order valence-electron chi connectivity index (χ2n) is 9.47. The van der Waals surface area contributed by atoms with Crippen molar-refractivity contribution in [1.82, 2.24) is 0 Å². The summed E-state index contributed by atoms with van der Waals surface area (Å²) >= 11 is 1.34. The van der Waals surface area contributed by atoms with Crippen LogP contribution in [0.2, 0.25) is 0 Å². The summed E-state index contributed by atoms with van der Waals surface area (Å²) in [6, 6.07) is 26.7. The van der Waals surface area contributed by atoms with E-state index in [0.717, 1.165) is 35.1 Å². The van der Waals surface area contributed by atoms with Gasteiger partial charge in [-0.15, -0.1) is 11.8 Å². The summed E-state index contributed by atoms with van der Waals surface area (Å²) in [6.07, 6.45) is 2.01. The van der Waals surface area contributed by atoms with Gasteiger partial charge in [0, 0.05) is 16.3 Å². The first-order valence-corrected chi connectivity index (χ1v) is 14.4. The SMILES string of the molecule is CCCCOc1ccc(NC(=O)C(Sc2ccc(NC(=O)c3ccc(C(=O)O)cc3C(=O)O)cc2)c2ccccc2)cc1. The number of amides is 2. The van der Waals surface area contributed by atoms with Crippen LogP contribution in [-0.4, -0.2) is 40.6 Å². The predicted octanol–water partition coefficient (Wildman–Crippen LogP) is 6.99. The molecule has 0 aromatic heterocycles. The maximum absolute atomic E-state index is 13.4. The summed E-state index contributed by atoms with van der Waals surface area (Å²) in [7, 11) is 0. The van der Waals surface area contributed by atoms with E-state index in [0.29, 0.717) is 18.0 Å². The van der Waals surface area contributed by atoms with Crippen LogP contribution in [0.25, 0.3) is 0 Å². The van der Waals surface area contributed by atoms with Crippen molar-refractivity contribution in [2.45, 2.75) is 29.9 Å². The first-order chi connectivity index (χ1) is 20.7. The second kappa shape index (κ2) is 14.7. The molecule has 0 aliphatic rings. The van der Waals surface area contributed by atoms with Gasteiger partial charge in [0.1, 0.15) is 11.0 Å². The van der Waals surface area contributed by atoms with Crippen LogP contribution in [0.15, 0.2) is 102 Å². The second-order valence-corrected chi connectivity index (χ2v) is 10.7. The van der Waals surface area contributed by atoms with E-state index in [4.69, 9.17) is 9.84 Å². The molecule has 0 saturated carbocycles. The molecule has 0 spiro atoms. The lowest BCUT2D eigenvalue weighted by atomic mass is 10.0. The van der Waals surface area contributed by atoms with E-state index >= 15 is 0 Å². The summed E-state index contributed by atoms with van der Waals surface area (Å²) in [6.45, 7) is 2.74. The minimum absolute atomic E-state index is 0.169. The zero-order chi connectivity index (χ0) is 30.8. The lowest BCUT2D eigenvalue weighted by molar-refractivity contribution is -0.115. The summed E-state index contributed by atoms with van der Waals surface area (Å²) in [4.78, 5) is 49.9. The number of aromatic carboxylic acids is 2. The molecule has 4 N–H and O–H groups in total. The molecule has 0 aliphatic carbocycles. The fraction of sp³-hybridized carbons (Fsp3) is 0.152. The maximum Gasteiger partial charge on any atom is 0.336 e. The number of hydrogen-bond acceptors (Lipinski definition) is 6. The Morgan fingerprint density at radius 3 is 2.05 bits per heavy atom. The number of carboxylic acid groups (broad SMARTS) is 2. The molecule has 9 nitrogen and oxygen atoms in total. The summed E-state index contributed by atoms with van der Waals surface area (Å²) in [5, 5.41) is 23.7. The fourth-order valence-corrected chi connectivity index (χ4v) is 5.11. The van der Waals surface area contributed by atoms with E-state index in [-0.39, 0.29) is 17.0 Å². The third kappa shape index (κ3) is 8.46. The zero-order valence-corrected chi connectivity index (χ0v) is 24.1. The maximum atomic E-state index is 13.4. The standard InChI is InChI=1S/C33H30N2O7S/c1-2-3-19-42-25-14-10-23(11-15-25)35-31(37)29(21-7-5-4-6-8-21)43-26-16-12-24(13-17-26)34-30(36)27-18-9-22(32(38)39)20-28(27)33(40)41/h4-18,20,29H,2-3,19H2,1H3,(H,34,36)(H,35,37)(H,38,39)(H,40,41). The number of rotatable bonds is 13. The molecule has 1 atom stereocenters. The van der Waals surface area contributed by atoms with Gasteiger partial charge in [-0.3, -0.25) is 9.59 Å². The minimum atomic E-state index is -1.42. The largest absolute Gasteiger partial charge is 0.494 e. The zero-order valence-electron chi connectivity index (χ0n) is 23.3. The number of ether oxygens (including phenoxy) is 1. The van der Waals surface area contributed by atoms with Crippen molar-refractivity contribution in [3.63, 3.8) is 0 Å². The molecule has 220 valence electrons. The summed E-state index contributed by atoms with van der Waals surface area (Å²) < 4.78 is 5.70. The van der Waals surface area contributed by atoms with Crippen molar-refractivity contribution in [1.29, 1.82) is 0 Å². The van der Waals surface area contributed by atoms with Crippen LogP contribution in [-0.2, 0) is 4.79 Å². The molecule has 4 aromatic rings. The van der Waals surface area contributed by atoms with Crippen LogP contribution >= 0.6 is 11.8 Å². The third-order valence-electron chi connectivity index (χ3n) is 6.34. The molecular formula is C33H30N2O7S. The molecule has 43 heavy (non-hydrogen) atoms. The predicted molar refractivity (Wildman–Crippen MR) is 165 cm³/mol. The van der Waals surface area contributed by atoms with E-state index in [2.05, 4.69) is 17.6 Å². The summed E-state index contributed by atoms with van der Waals surface area (Å²) in [5.74, 6) is -2.88. The van der Waals surface area contributed by atoms with Crippen LogP contribution in [0, 0.1) is 0 Å². The van der Waals surface area contributed by atoms with Crippen molar-refractivity contribution < 1.29 is 34.1 Å². The van der Waals surface area contributed by atoms with Crippen LogP contribution in [0.1, 0.15) is 61.7 Å². The van der Waals surface area contributed by atoms with Crippen molar-refractivity contribution in [3.8, 4) is 5.75 Å². The molecule has 0 bridgehead atoms. The normalized spacial score (nSPS) is 11.3. The Labute approximate surface area is 252 Å². The Kier molecular flexibility index (Phi) is 10.5. The Balaban J connectivity index is 1.46. The van der Waals surface area contributed by atoms with Gasteiger partial charge in [-0.2, -0.15) is 0 Å². The first-order valence-electron chi connectivity index (χ1n) is 13.5. The van der Waals surface area contributed by atoms with E-state index in [9.17, 15) is 24.3 Å². The molecule has 4 rings (SSSR count). The highest BCUT2D eigenvalue weighted by molar-refractivity contribution is 8.00. The quantitative estimate of drug-likeness (QED) is 0.0953. The van der Waals surface area contributed by atoms with Crippen LogP contribution in [0.3, 0.4) is 0 Å². The molecule has 4 aromatic carbocycles. The van der Waals surface area contributed by atoms with Crippen molar-refractivity contribution in [2.24, 2.45) is 0 Å². The number of carboxylic acids is 2.